The first-order valence-electron chi connectivity index (χ1n) is 7.56. The lowest BCUT2D eigenvalue weighted by Crippen LogP contribution is -2.43. The van der Waals surface area contributed by atoms with Crippen LogP contribution >= 0.6 is 11.8 Å². The molecule has 0 bridgehead atoms. The summed E-state index contributed by atoms with van der Waals surface area (Å²) in [6.45, 7) is 7.41. The van der Waals surface area contributed by atoms with Crippen LogP contribution in [0.1, 0.15) is 59.8 Å². The highest BCUT2D eigenvalue weighted by Gasteiger charge is 2.23. The van der Waals surface area contributed by atoms with E-state index in [1.807, 2.05) is 0 Å². The second-order valence-electron chi connectivity index (χ2n) is 6.00. The summed E-state index contributed by atoms with van der Waals surface area (Å²) in [5.74, 6) is 0.741. The first-order chi connectivity index (χ1) is 9.76. The standard InChI is InChI=1S/C15H29NO4S/c1-5-6-7-8-10-21-11-9-12(13(17)18)16-14(19)20-15(2,3)4/h12H,5-11H2,1-4H3,(H,16,19)(H,17,18). The van der Waals surface area contributed by atoms with Crippen molar-refractivity contribution in [3.8, 4) is 0 Å². The van der Waals surface area contributed by atoms with Gasteiger partial charge in [0.05, 0.1) is 0 Å². The number of hydrogen-bond acceptors (Lipinski definition) is 4. The Bertz CT molecular complexity index is 315. The van der Waals surface area contributed by atoms with E-state index >= 15 is 0 Å². The van der Waals surface area contributed by atoms with Gasteiger partial charge in [-0.2, -0.15) is 11.8 Å². The van der Waals surface area contributed by atoms with Gasteiger partial charge in [0, 0.05) is 0 Å². The lowest BCUT2D eigenvalue weighted by atomic mass is 10.2. The summed E-state index contributed by atoms with van der Waals surface area (Å²) in [5, 5.41) is 11.5. The highest BCUT2D eigenvalue weighted by Crippen LogP contribution is 2.11. The molecule has 0 aromatic rings. The summed E-state index contributed by atoms with van der Waals surface area (Å²) in [4.78, 5) is 22.7. The molecule has 21 heavy (non-hydrogen) atoms. The van der Waals surface area contributed by atoms with Gasteiger partial charge in [0.25, 0.3) is 0 Å². The molecule has 2 N–H and O–H groups in total. The second kappa shape index (κ2) is 10.8. The normalized spacial score (nSPS) is 12.8. The molecule has 0 aliphatic carbocycles. The fourth-order valence-electron chi connectivity index (χ4n) is 1.64. The Morgan fingerprint density at radius 1 is 1.19 bits per heavy atom. The second-order valence-corrected chi connectivity index (χ2v) is 7.22. The highest BCUT2D eigenvalue weighted by molar-refractivity contribution is 7.99. The number of aliphatic carboxylic acids is 1. The lowest BCUT2D eigenvalue weighted by Gasteiger charge is -2.21. The molecule has 6 heteroatoms. The first kappa shape index (κ1) is 20.1. The van der Waals surface area contributed by atoms with Crippen LogP contribution in [0.3, 0.4) is 0 Å². The van der Waals surface area contributed by atoms with Crippen LogP contribution < -0.4 is 5.32 Å². The van der Waals surface area contributed by atoms with Crippen molar-refractivity contribution in [2.75, 3.05) is 11.5 Å². The number of nitrogens with one attached hydrogen (secondary N) is 1. The molecule has 1 atom stereocenters. The number of rotatable bonds is 10. The van der Waals surface area contributed by atoms with Gasteiger partial charge in [0.2, 0.25) is 0 Å². The van der Waals surface area contributed by atoms with Gasteiger partial charge in [-0.15, -0.1) is 0 Å². The van der Waals surface area contributed by atoms with Crippen LogP contribution in [0.15, 0.2) is 0 Å². The van der Waals surface area contributed by atoms with E-state index in [1.54, 1.807) is 32.5 Å². The van der Waals surface area contributed by atoms with Crippen LogP contribution in [0.5, 0.6) is 0 Å². The molecular weight excluding hydrogens is 290 g/mol. The zero-order valence-electron chi connectivity index (χ0n) is 13.6. The minimum atomic E-state index is -1.02. The Morgan fingerprint density at radius 2 is 1.86 bits per heavy atom. The average Bonchev–Trinajstić information content (AvgIpc) is 2.33. The van der Waals surface area contributed by atoms with Gasteiger partial charge >= 0.3 is 12.1 Å². The Labute approximate surface area is 132 Å². The number of carboxylic acids is 1. The number of carboxylic acid groups (broad SMARTS) is 1. The van der Waals surface area contributed by atoms with Gasteiger partial charge in [0.1, 0.15) is 11.6 Å². The number of thioether (sulfide) groups is 1. The number of alkyl carbamates (subject to hydrolysis) is 1. The molecule has 0 fully saturated rings. The first-order valence-corrected chi connectivity index (χ1v) is 8.71. The monoisotopic (exact) mass is 319 g/mol. The molecular formula is C15H29NO4S. The maximum absolute atomic E-state index is 11.6. The molecule has 0 radical (unpaired) electrons. The summed E-state index contributed by atoms with van der Waals surface area (Å²) >= 11 is 1.73. The molecule has 0 spiro atoms. The van der Waals surface area contributed by atoms with Crippen molar-refractivity contribution >= 4 is 23.8 Å². The van der Waals surface area contributed by atoms with E-state index in [0.29, 0.717) is 6.42 Å². The third-order valence-corrected chi connectivity index (χ3v) is 3.78. The van der Waals surface area contributed by atoms with Crippen molar-refractivity contribution in [2.45, 2.75) is 71.4 Å². The zero-order chi connectivity index (χ0) is 16.3. The molecule has 5 nitrogen and oxygen atoms in total. The fourth-order valence-corrected chi connectivity index (χ4v) is 2.66. The van der Waals surface area contributed by atoms with Gasteiger partial charge < -0.3 is 15.2 Å². The van der Waals surface area contributed by atoms with E-state index in [0.717, 1.165) is 17.9 Å². The predicted molar refractivity (Wildman–Crippen MR) is 86.9 cm³/mol. The molecule has 0 saturated carbocycles. The van der Waals surface area contributed by atoms with Crippen LogP contribution in [-0.4, -0.2) is 40.3 Å². The van der Waals surface area contributed by atoms with E-state index in [-0.39, 0.29) is 0 Å². The number of unbranched alkanes of at least 4 members (excludes halogenated alkanes) is 3. The minimum absolute atomic E-state index is 0.410. The van der Waals surface area contributed by atoms with Crippen molar-refractivity contribution in [1.82, 2.24) is 5.32 Å². The van der Waals surface area contributed by atoms with Crippen LogP contribution in [0.4, 0.5) is 4.79 Å². The zero-order valence-corrected chi connectivity index (χ0v) is 14.4. The molecule has 0 aromatic heterocycles. The van der Waals surface area contributed by atoms with E-state index in [2.05, 4.69) is 12.2 Å². The van der Waals surface area contributed by atoms with Crippen LogP contribution in [0.2, 0.25) is 0 Å². The van der Waals surface area contributed by atoms with Crippen LogP contribution in [-0.2, 0) is 9.53 Å². The predicted octanol–water partition coefficient (Wildman–Crippen LogP) is 3.67. The molecule has 0 aliphatic heterocycles. The van der Waals surface area contributed by atoms with Gasteiger partial charge in [-0.25, -0.2) is 9.59 Å². The molecule has 0 rings (SSSR count). The van der Waals surface area contributed by atoms with Crippen molar-refractivity contribution in [3.63, 3.8) is 0 Å². The SMILES string of the molecule is CCCCCCSCCC(NC(=O)OC(C)(C)C)C(=O)O. The molecule has 0 saturated heterocycles. The van der Waals surface area contributed by atoms with Gasteiger partial charge in [0.15, 0.2) is 0 Å². The number of carbonyl (C=O) groups excluding carboxylic acids is 1. The minimum Gasteiger partial charge on any atom is -0.480 e. The van der Waals surface area contributed by atoms with Crippen molar-refractivity contribution < 1.29 is 19.4 Å². The lowest BCUT2D eigenvalue weighted by molar-refractivity contribution is -0.139. The van der Waals surface area contributed by atoms with Crippen molar-refractivity contribution in [2.24, 2.45) is 0 Å². The summed E-state index contributed by atoms with van der Waals surface area (Å²) in [7, 11) is 0. The van der Waals surface area contributed by atoms with E-state index in [1.165, 1.54) is 19.3 Å². The van der Waals surface area contributed by atoms with Gasteiger partial charge in [-0.05, 0) is 45.1 Å². The van der Waals surface area contributed by atoms with Crippen molar-refractivity contribution in [3.05, 3.63) is 0 Å². The topological polar surface area (TPSA) is 75.6 Å². The number of hydrogen-bond donors (Lipinski definition) is 2. The Hall–Kier alpha value is -0.910. The molecule has 0 aliphatic rings. The third-order valence-electron chi connectivity index (χ3n) is 2.68. The number of amides is 1. The average molecular weight is 319 g/mol. The summed E-state index contributed by atoms with van der Waals surface area (Å²) in [6.07, 6.45) is 4.58. The van der Waals surface area contributed by atoms with E-state index in [9.17, 15) is 9.59 Å². The molecule has 1 unspecified atom stereocenters. The molecule has 1 amide bonds. The third kappa shape index (κ3) is 12.5. The Kier molecular flexibility index (Phi) is 10.3. The summed E-state index contributed by atoms with van der Waals surface area (Å²) in [5.41, 5.74) is -0.624. The fraction of sp³-hybridized carbons (Fsp3) is 0.867. The van der Waals surface area contributed by atoms with E-state index in [4.69, 9.17) is 9.84 Å². The quantitative estimate of drug-likeness (QED) is 0.601. The highest BCUT2D eigenvalue weighted by atomic mass is 32.2. The molecule has 124 valence electrons. The van der Waals surface area contributed by atoms with Crippen molar-refractivity contribution in [1.29, 1.82) is 0 Å². The summed E-state index contributed by atoms with van der Waals surface area (Å²) < 4.78 is 5.07. The van der Waals surface area contributed by atoms with Gasteiger partial charge in [-0.1, -0.05) is 26.2 Å². The molecule has 0 heterocycles. The molecule has 0 aromatic carbocycles. The maximum Gasteiger partial charge on any atom is 0.408 e. The van der Waals surface area contributed by atoms with Crippen LogP contribution in [0.25, 0.3) is 0 Å². The maximum atomic E-state index is 11.6. The largest absolute Gasteiger partial charge is 0.480 e. The number of carbonyl (C=O) groups is 2. The Balaban J connectivity index is 3.93. The van der Waals surface area contributed by atoms with Gasteiger partial charge in [-0.3, -0.25) is 0 Å². The summed E-state index contributed by atoms with van der Waals surface area (Å²) in [6, 6.07) is -0.886. The number of ether oxygens (including phenoxy) is 1. The van der Waals surface area contributed by atoms with Crippen LogP contribution in [0, 0.1) is 0 Å². The Morgan fingerprint density at radius 3 is 2.38 bits per heavy atom. The van der Waals surface area contributed by atoms with E-state index < -0.39 is 23.7 Å². The smallest absolute Gasteiger partial charge is 0.408 e.